The van der Waals surface area contributed by atoms with Crippen molar-refractivity contribution in [3.05, 3.63) is 0 Å². The molecule has 0 aromatic carbocycles. The van der Waals surface area contributed by atoms with Gasteiger partial charge in [-0.15, -0.1) is 0 Å². The minimum Gasteiger partial charge on any atom is -0.469 e. The normalized spacial score (nSPS) is 29.5. The summed E-state index contributed by atoms with van der Waals surface area (Å²) in [6, 6.07) is -0.864. The summed E-state index contributed by atoms with van der Waals surface area (Å²) in [5, 5.41) is 3.13. The molecule has 0 spiro atoms. The quantitative estimate of drug-likeness (QED) is 0.629. The highest BCUT2D eigenvalue weighted by Crippen LogP contribution is 2.27. The van der Waals surface area contributed by atoms with E-state index in [1.807, 2.05) is 0 Å². The van der Waals surface area contributed by atoms with Gasteiger partial charge in [-0.2, -0.15) is 13.2 Å². The molecular formula is C15H23F3N2O3. The zero-order valence-electron chi connectivity index (χ0n) is 13.2. The second-order valence-corrected chi connectivity index (χ2v) is 6.26. The molecule has 0 bridgehead atoms. The fourth-order valence-electron chi connectivity index (χ4n) is 3.47. The highest BCUT2D eigenvalue weighted by Gasteiger charge is 2.41. The largest absolute Gasteiger partial charge is 0.469 e. The standard InChI is InChI=1S/C15H23F3N2O3/c1-23-14(22)10-5-3-2-4-6-11(10)19-12-7-8-20(13(12)21)9-15(16,17)18/h10-12,19H,2-9H2,1H3/t10-,11+,12-/m1/s1. The molecule has 1 aliphatic heterocycles. The number of alkyl halides is 3. The zero-order chi connectivity index (χ0) is 17.0. The first-order valence-corrected chi connectivity index (χ1v) is 8.01. The zero-order valence-corrected chi connectivity index (χ0v) is 13.2. The van der Waals surface area contributed by atoms with E-state index in [2.05, 4.69) is 5.32 Å². The van der Waals surface area contributed by atoms with Gasteiger partial charge in [0, 0.05) is 12.6 Å². The Balaban J connectivity index is 1.99. The van der Waals surface area contributed by atoms with Crippen molar-refractivity contribution in [3.63, 3.8) is 0 Å². The fraction of sp³-hybridized carbons (Fsp3) is 0.867. The molecule has 0 aromatic rings. The Hall–Kier alpha value is -1.31. The lowest BCUT2D eigenvalue weighted by Crippen LogP contribution is -2.49. The van der Waals surface area contributed by atoms with Crippen LogP contribution in [0.15, 0.2) is 0 Å². The summed E-state index contributed by atoms with van der Waals surface area (Å²) >= 11 is 0. The third-order valence-corrected chi connectivity index (χ3v) is 4.60. The average molecular weight is 336 g/mol. The molecule has 1 aliphatic carbocycles. The Morgan fingerprint density at radius 3 is 2.61 bits per heavy atom. The minimum atomic E-state index is -4.39. The maximum absolute atomic E-state index is 12.5. The summed E-state index contributed by atoms with van der Waals surface area (Å²) < 4.78 is 42.2. The number of carbonyl (C=O) groups is 2. The third-order valence-electron chi connectivity index (χ3n) is 4.60. The van der Waals surface area contributed by atoms with Crippen molar-refractivity contribution >= 4 is 11.9 Å². The molecule has 0 aromatic heterocycles. The molecule has 2 aliphatic rings. The summed E-state index contributed by atoms with van der Waals surface area (Å²) in [7, 11) is 1.33. The first kappa shape index (κ1) is 18.0. The van der Waals surface area contributed by atoms with Gasteiger partial charge in [0.05, 0.1) is 19.1 Å². The summed E-state index contributed by atoms with van der Waals surface area (Å²) in [5.41, 5.74) is 0. The van der Waals surface area contributed by atoms with Crippen molar-refractivity contribution in [1.29, 1.82) is 0 Å². The van der Waals surface area contributed by atoms with Crippen molar-refractivity contribution in [2.75, 3.05) is 20.2 Å². The number of likely N-dealkylation sites (tertiary alicyclic amines) is 1. The van der Waals surface area contributed by atoms with Crippen LogP contribution in [-0.2, 0) is 14.3 Å². The molecule has 1 saturated carbocycles. The van der Waals surface area contributed by atoms with E-state index in [1.54, 1.807) is 0 Å². The Bertz CT molecular complexity index is 442. The number of nitrogens with one attached hydrogen (secondary N) is 1. The SMILES string of the molecule is COC(=O)[C@@H]1CCCCC[C@@H]1N[C@@H]1CCN(CC(F)(F)F)C1=O. The number of amides is 1. The third kappa shape index (κ3) is 4.83. The van der Waals surface area contributed by atoms with E-state index in [0.29, 0.717) is 12.8 Å². The van der Waals surface area contributed by atoms with Crippen LogP contribution in [-0.4, -0.2) is 55.2 Å². The van der Waals surface area contributed by atoms with Crippen LogP contribution < -0.4 is 5.32 Å². The molecule has 1 N–H and O–H groups in total. The summed E-state index contributed by atoms with van der Waals surface area (Å²) in [6.07, 6.45) is 0.195. The van der Waals surface area contributed by atoms with E-state index in [4.69, 9.17) is 4.74 Å². The second kappa shape index (κ2) is 7.51. The number of ether oxygens (including phenoxy) is 1. The first-order chi connectivity index (χ1) is 10.8. The van der Waals surface area contributed by atoms with E-state index >= 15 is 0 Å². The van der Waals surface area contributed by atoms with Crippen LogP contribution in [0.2, 0.25) is 0 Å². The maximum Gasteiger partial charge on any atom is 0.406 e. The predicted molar refractivity (Wildman–Crippen MR) is 76.6 cm³/mol. The van der Waals surface area contributed by atoms with Gasteiger partial charge < -0.3 is 15.0 Å². The molecular weight excluding hydrogens is 313 g/mol. The number of methoxy groups -OCH3 is 1. The number of hydrogen-bond acceptors (Lipinski definition) is 4. The predicted octanol–water partition coefficient (Wildman–Crippen LogP) is 1.86. The van der Waals surface area contributed by atoms with Gasteiger partial charge in [0.25, 0.3) is 0 Å². The van der Waals surface area contributed by atoms with Gasteiger partial charge in [0.1, 0.15) is 6.54 Å². The molecule has 132 valence electrons. The number of carbonyl (C=O) groups excluding carboxylic acids is 2. The summed E-state index contributed by atoms with van der Waals surface area (Å²) in [5.74, 6) is -1.19. The molecule has 1 amide bonds. The van der Waals surface area contributed by atoms with Gasteiger partial charge in [-0.1, -0.05) is 19.3 Å². The lowest BCUT2D eigenvalue weighted by molar-refractivity contribution is -0.158. The van der Waals surface area contributed by atoms with E-state index in [0.717, 1.165) is 30.6 Å². The molecule has 5 nitrogen and oxygen atoms in total. The van der Waals surface area contributed by atoms with Gasteiger partial charge in [-0.05, 0) is 19.3 Å². The van der Waals surface area contributed by atoms with Crippen molar-refractivity contribution < 1.29 is 27.5 Å². The Labute approximate surface area is 133 Å². The van der Waals surface area contributed by atoms with Crippen molar-refractivity contribution in [1.82, 2.24) is 10.2 Å². The molecule has 0 unspecified atom stereocenters. The fourth-order valence-corrected chi connectivity index (χ4v) is 3.47. The second-order valence-electron chi connectivity index (χ2n) is 6.26. The van der Waals surface area contributed by atoms with Gasteiger partial charge in [-0.25, -0.2) is 0 Å². The molecule has 1 saturated heterocycles. The molecule has 0 radical (unpaired) electrons. The Kier molecular flexibility index (Phi) is 5.89. The van der Waals surface area contributed by atoms with Crippen LogP contribution in [0.4, 0.5) is 13.2 Å². The molecule has 3 atom stereocenters. The monoisotopic (exact) mass is 336 g/mol. The lowest BCUT2D eigenvalue weighted by atomic mass is 9.94. The minimum absolute atomic E-state index is 0.0889. The molecule has 2 fully saturated rings. The number of halogens is 3. The van der Waals surface area contributed by atoms with Crippen LogP contribution >= 0.6 is 0 Å². The number of nitrogens with zero attached hydrogens (tertiary/aromatic N) is 1. The van der Waals surface area contributed by atoms with Gasteiger partial charge in [-0.3, -0.25) is 9.59 Å². The van der Waals surface area contributed by atoms with Gasteiger partial charge >= 0.3 is 12.1 Å². The maximum atomic E-state index is 12.5. The lowest BCUT2D eigenvalue weighted by Gasteiger charge is -2.27. The smallest absolute Gasteiger partial charge is 0.406 e. The highest BCUT2D eigenvalue weighted by molar-refractivity contribution is 5.84. The van der Waals surface area contributed by atoms with Crippen LogP contribution in [0.3, 0.4) is 0 Å². The van der Waals surface area contributed by atoms with E-state index in [9.17, 15) is 22.8 Å². The van der Waals surface area contributed by atoms with Crippen molar-refractivity contribution in [2.45, 2.75) is 56.8 Å². The Morgan fingerprint density at radius 1 is 1.26 bits per heavy atom. The summed E-state index contributed by atoms with van der Waals surface area (Å²) in [6.45, 7) is -1.12. The first-order valence-electron chi connectivity index (χ1n) is 8.01. The molecule has 23 heavy (non-hydrogen) atoms. The van der Waals surface area contributed by atoms with Crippen LogP contribution in [0.1, 0.15) is 38.5 Å². The van der Waals surface area contributed by atoms with Gasteiger partial charge in [0.2, 0.25) is 5.91 Å². The summed E-state index contributed by atoms with van der Waals surface area (Å²) in [4.78, 5) is 24.9. The highest BCUT2D eigenvalue weighted by atomic mass is 19.4. The average Bonchev–Trinajstić information content (AvgIpc) is 2.69. The molecule has 1 heterocycles. The topological polar surface area (TPSA) is 58.6 Å². The molecule has 8 heteroatoms. The van der Waals surface area contributed by atoms with Crippen LogP contribution in [0.25, 0.3) is 0 Å². The Morgan fingerprint density at radius 2 is 1.96 bits per heavy atom. The van der Waals surface area contributed by atoms with Crippen LogP contribution in [0.5, 0.6) is 0 Å². The van der Waals surface area contributed by atoms with E-state index < -0.39 is 24.7 Å². The van der Waals surface area contributed by atoms with E-state index in [-0.39, 0.29) is 24.5 Å². The van der Waals surface area contributed by atoms with Crippen LogP contribution in [0, 0.1) is 5.92 Å². The molecule has 2 rings (SSSR count). The van der Waals surface area contributed by atoms with Gasteiger partial charge in [0.15, 0.2) is 0 Å². The number of esters is 1. The van der Waals surface area contributed by atoms with Crippen molar-refractivity contribution in [2.24, 2.45) is 5.92 Å². The van der Waals surface area contributed by atoms with E-state index in [1.165, 1.54) is 7.11 Å². The number of rotatable bonds is 4. The number of hydrogen-bond donors (Lipinski definition) is 1. The van der Waals surface area contributed by atoms with Crippen molar-refractivity contribution in [3.8, 4) is 0 Å².